The molecule has 0 radical (unpaired) electrons. The van der Waals surface area contributed by atoms with Crippen molar-refractivity contribution < 1.29 is 14.7 Å². The average molecular weight is 140 g/mol. The van der Waals surface area contributed by atoms with E-state index in [1.807, 2.05) is 0 Å². The van der Waals surface area contributed by atoms with Crippen molar-refractivity contribution in [3.05, 3.63) is 11.8 Å². The van der Waals surface area contributed by atoms with Crippen LogP contribution in [0.25, 0.3) is 0 Å². The second kappa shape index (κ2) is 2.64. The van der Waals surface area contributed by atoms with Crippen molar-refractivity contribution in [3.8, 4) is 0 Å². The quantitative estimate of drug-likeness (QED) is 0.307. The molecule has 1 aliphatic rings. The Kier molecular flexibility index (Phi) is 1.85. The maximum absolute atomic E-state index is 10.8. The Balaban J connectivity index is 2.79. The Bertz CT molecular complexity index is 203. The molecule has 54 valence electrons. The van der Waals surface area contributed by atoms with Crippen molar-refractivity contribution in [2.75, 3.05) is 0 Å². The first-order chi connectivity index (χ1) is 4.75. The highest BCUT2D eigenvalue weighted by Crippen LogP contribution is 2.15. The van der Waals surface area contributed by atoms with Gasteiger partial charge in [-0.15, -0.1) is 0 Å². The molecule has 1 saturated carbocycles. The van der Waals surface area contributed by atoms with E-state index in [9.17, 15) is 9.59 Å². The molecular weight excluding hydrogens is 132 g/mol. The first-order valence-corrected chi connectivity index (χ1v) is 3.16. The van der Waals surface area contributed by atoms with Gasteiger partial charge in [0.25, 0.3) is 0 Å². The minimum atomic E-state index is -0.520. The fourth-order valence-electron chi connectivity index (χ4n) is 0.969. The molecular formula is C7H8O3. The average Bonchev–Trinajstić information content (AvgIpc) is 1.95. The maximum atomic E-state index is 10.8. The van der Waals surface area contributed by atoms with Crippen LogP contribution in [-0.2, 0) is 9.59 Å². The molecule has 0 bridgehead atoms. The summed E-state index contributed by atoms with van der Waals surface area (Å²) < 4.78 is 0. The summed E-state index contributed by atoms with van der Waals surface area (Å²) in [6, 6.07) is 0. The molecule has 0 atom stereocenters. The van der Waals surface area contributed by atoms with E-state index in [0.29, 0.717) is 19.3 Å². The van der Waals surface area contributed by atoms with Crippen molar-refractivity contribution in [2.24, 2.45) is 0 Å². The van der Waals surface area contributed by atoms with Gasteiger partial charge in [-0.2, -0.15) is 0 Å². The Morgan fingerprint density at radius 2 is 2.00 bits per heavy atom. The van der Waals surface area contributed by atoms with Gasteiger partial charge in [0.15, 0.2) is 0 Å². The van der Waals surface area contributed by atoms with E-state index in [2.05, 4.69) is 0 Å². The number of aliphatic hydroxyl groups is 1. The summed E-state index contributed by atoms with van der Waals surface area (Å²) in [5.41, 5.74) is 0.247. The number of Topliss-reactive ketones (excluding diaryl/α,β-unsaturated/α-hetero) is 2. The smallest absolute Gasteiger partial charge is 0.227 e. The normalized spacial score (nSPS) is 23.8. The monoisotopic (exact) mass is 140 g/mol. The van der Waals surface area contributed by atoms with E-state index < -0.39 is 5.78 Å². The van der Waals surface area contributed by atoms with Gasteiger partial charge in [0.1, 0.15) is 0 Å². The van der Waals surface area contributed by atoms with Crippen LogP contribution in [0.2, 0.25) is 0 Å². The number of carbonyl (C=O) groups excluding carboxylic acids is 2. The fraction of sp³-hybridized carbons (Fsp3) is 0.429. The first-order valence-electron chi connectivity index (χ1n) is 3.16. The van der Waals surface area contributed by atoms with Crippen LogP contribution in [0.1, 0.15) is 19.3 Å². The van der Waals surface area contributed by atoms with Gasteiger partial charge in [-0.25, -0.2) is 0 Å². The van der Waals surface area contributed by atoms with Crippen LogP contribution < -0.4 is 0 Å². The van der Waals surface area contributed by atoms with Crippen molar-refractivity contribution in [3.63, 3.8) is 0 Å². The summed E-state index contributed by atoms with van der Waals surface area (Å²) in [6.07, 6.45) is 2.27. The summed E-state index contributed by atoms with van der Waals surface area (Å²) in [4.78, 5) is 21.4. The Morgan fingerprint density at radius 3 is 2.50 bits per heavy atom. The summed E-state index contributed by atoms with van der Waals surface area (Å²) in [6.45, 7) is 0. The minimum absolute atomic E-state index is 0.247. The Labute approximate surface area is 58.4 Å². The third kappa shape index (κ3) is 1.07. The number of allylic oxidation sites excluding steroid dienone is 1. The summed E-state index contributed by atoms with van der Waals surface area (Å²) >= 11 is 0. The minimum Gasteiger partial charge on any atom is -0.515 e. The van der Waals surface area contributed by atoms with Crippen LogP contribution in [0.15, 0.2) is 11.8 Å². The van der Waals surface area contributed by atoms with E-state index in [1.54, 1.807) is 0 Å². The van der Waals surface area contributed by atoms with E-state index in [0.717, 1.165) is 6.26 Å². The summed E-state index contributed by atoms with van der Waals surface area (Å²) in [7, 11) is 0. The van der Waals surface area contributed by atoms with Crippen molar-refractivity contribution >= 4 is 11.6 Å². The van der Waals surface area contributed by atoms with E-state index in [1.165, 1.54) is 0 Å². The van der Waals surface area contributed by atoms with Crippen molar-refractivity contribution in [1.82, 2.24) is 0 Å². The molecule has 1 rings (SSSR count). The molecule has 3 heteroatoms. The van der Waals surface area contributed by atoms with Crippen LogP contribution in [0.5, 0.6) is 0 Å². The fourth-order valence-corrected chi connectivity index (χ4v) is 0.969. The zero-order valence-electron chi connectivity index (χ0n) is 5.46. The molecule has 0 saturated heterocycles. The predicted molar refractivity (Wildman–Crippen MR) is 34.6 cm³/mol. The van der Waals surface area contributed by atoms with Gasteiger partial charge < -0.3 is 5.11 Å². The molecule has 0 unspecified atom stereocenters. The van der Waals surface area contributed by atoms with E-state index in [-0.39, 0.29) is 11.4 Å². The number of carbonyl (C=O) groups is 2. The maximum Gasteiger partial charge on any atom is 0.227 e. The lowest BCUT2D eigenvalue weighted by Gasteiger charge is -2.08. The molecule has 1 fully saturated rings. The number of rotatable bonds is 0. The molecule has 0 aromatic heterocycles. The van der Waals surface area contributed by atoms with Gasteiger partial charge in [-0.3, -0.25) is 9.59 Å². The van der Waals surface area contributed by atoms with Crippen LogP contribution in [0.3, 0.4) is 0 Å². The third-order valence-corrected chi connectivity index (χ3v) is 1.55. The van der Waals surface area contributed by atoms with E-state index >= 15 is 0 Å². The SMILES string of the molecule is O=C1CCC/C(=C/O)C1=O. The molecule has 0 aliphatic heterocycles. The zero-order valence-corrected chi connectivity index (χ0v) is 5.46. The van der Waals surface area contributed by atoms with Gasteiger partial charge >= 0.3 is 0 Å². The van der Waals surface area contributed by atoms with Gasteiger partial charge in [-0.05, 0) is 12.8 Å². The first kappa shape index (κ1) is 6.99. The molecule has 10 heavy (non-hydrogen) atoms. The third-order valence-electron chi connectivity index (χ3n) is 1.55. The van der Waals surface area contributed by atoms with Crippen LogP contribution >= 0.6 is 0 Å². The van der Waals surface area contributed by atoms with Crippen LogP contribution in [-0.4, -0.2) is 16.7 Å². The molecule has 0 heterocycles. The largest absolute Gasteiger partial charge is 0.515 e. The molecule has 1 N–H and O–H groups in total. The molecule has 1 aliphatic carbocycles. The Hall–Kier alpha value is -1.12. The summed E-state index contributed by atoms with van der Waals surface area (Å²) in [5.74, 6) is -0.902. The van der Waals surface area contributed by atoms with Crippen molar-refractivity contribution in [2.45, 2.75) is 19.3 Å². The highest BCUT2D eigenvalue weighted by atomic mass is 16.2. The molecule has 0 spiro atoms. The molecule has 0 aromatic rings. The van der Waals surface area contributed by atoms with Crippen LogP contribution in [0.4, 0.5) is 0 Å². The van der Waals surface area contributed by atoms with Gasteiger partial charge in [0.05, 0.1) is 6.26 Å². The number of hydrogen-bond donors (Lipinski definition) is 1. The zero-order chi connectivity index (χ0) is 7.56. The Morgan fingerprint density at radius 1 is 1.30 bits per heavy atom. The topological polar surface area (TPSA) is 54.4 Å². The lowest BCUT2D eigenvalue weighted by molar-refractivity contribution is -0.135. The molecule has 3 nitrogen and oxygen atoms in total. The second-order valence-corrected chi connectivity index (χ2v) is 2.26. The van der Waals surface area contributed by atoms with Gasteiger partial charge in [0.2, 0.25) is 11.6 Å². The highest BCUT2D eigenvalue weighted by Gasteiger charge is 2.23. The molecule has 0 amide bonds. The second-order valence-electron chi connectivity index (χ2n) is 2.26. The molecule has 0 aromatic carbocycles. The number of hydrogen-bond acceptors (Lipinski definition) is 3. The van der Waals surface area contributed by atoms with Gasteiger partial charge in [0, 0.05) is 12.0 Å². The van der Waals surface area contributed by atoms with Crippen molar-refractivity contribution in [1.29, 1.82) is 0 Å². The lowest BCUT2D eigenvalue weighted by Crippen LogP contribution is -2.20. The highest BCUT2D eigenvalue weighted by molar-refractivity contribution is 6.44. The predicted octanol–water partition coefficient (Wildman–Crippen LogP) is 0.750. The standard InChI is InChI=1S/C7H8O3/c8-4-5-2-1-3-6(9)7(5)10/h4,8H,1-3H2/b5-4-. The van der Waals surface area contributed by atoms with Crippen LogP contribution in [0, 0.1) is 0 Å². The van der Waals surface area contributed by atoms with E-state index in [4.69, 9.17) is 5.11 Å². The lowest BCUT2D eigenvalue weighted by atomic mass is 9.93. The van der Waals surface area contributed by atoms with Gasteiger partial charge in [-0.1, -0.05) is 0 Å². The number of ketones is 2. The number of aliphatic hydroxyl groups excluding tert-OH is 1. The summed E-state index contributed by atoms with van der Waals surface area (Å²) in [5, 5.41) is 8.44.